The van der Waals surface area contributed by atoms with Gasteiger partial charge in [-0.3, -0.25) is 4.79 Å². The van der Waals surface area contributed by atoms with Crippen molar-refractivity contribution in [2.75, 3.05) is 0 Å². The Hall–Kier alpha value is -0.210. The van der Waals surface area contributed by atoms with Gasteiger partial charge in [0.2, 0.25) is 0 Å². The van der Waals surface area contributed by atoms with Crippen LogP contribution in [0, 0.1) is 9.49 Å². The van der Waals surface area contributed by atoms with Gasteiger partial charge in [-0.15, -0.1) is 0 Å². The molecule has 0 spiro atoms. The number of aromatic nitrogens is 2. The smallest absolute Gasteiger partial charge is 0.264 e. The molecule has 0 atom stereocenters. The van der Waals surface area contributed by atoms with E-state index < -0.39 is 0 Å². The van der Waals surface area contributed by atoms with Crippen LogP contribution in [-0.4, -0.2) is 9.97 Å². The lowest BCUT2D eigenvalue weighted by Gasteiger charge is -2.09. The fourth-order valence-electron chi connectivity index (χ4n) is 1.81. The molecule has 20 heavy (non-hydrogen) atoms. The van der Waals surface area contributed by atoms with E-state index in [0.29, 0.717) is 15.3 Å². The molecule has 0 saturated heterocycles. The maximum absolute atomic E-state index is 12.0. The molecule has 106 valence electrons. The first-order valence-electron chi connectivity index (χ1n) is 6.12. The maximum atomic E-state index is 12.0. The van der Waals surface area contributed by atoms with Crippen LogP contribution >= 0.6 is 54.5 Å². The van der Waals surface area contributed by atoms with E-state index in [1.54, 1.807) is 0 Å². The van der Waals surface area contributed by atoms with Gasteiger partial charge in [-0.2, -0.15) is 0 Å². The highest BCUT2D eigenvalue weighted by Gasteiger charge is 2.12. The summed E-state index contributed by atoms with van der Waals surface area (Å²) in [7, 11) is 0. The molecule has 0 saturated carbocycles. The summed E-state index contributed by atoms with van der Waals surface area (Å²) in [5.74, 6) is 1.07. The van der Waals surface area contributed by atoms with Crippen LogP contribution in [0.2, 0.25) is 0 Å². The van der Waals surface area contributed by atoms with Gasteiger partial charge in [-0.25, -0.2) is 4.98 Å². The molecular formula is C14H13Br2IN2O. The molecule has 1 N–H and O–H groups in total. The molecule has 0 unspecified atom stereocenters. The Morgan fingerprint density at radius 1 is 1.30 bits per heavy atom. The van der Waals surface area contributed by atoms with Crippen molar-refractivity contribution in [2.24, 2.45) is 5.92 Å². The number of nitrogens with zero attached hydrogens (tertiary/aromatic N) is 1. The lowest BCUT2D eigenvalue weighted by atomic mass is 10.1. The summed E-state index contributed by atoms with van der Waals surface area (Å²) in [5, 5.41) is 0. The lowest BCUT2D eigenvalue weighted by molar-refractivity contribution is 0.631. The molecule has 1 heterocycles. The van der Waals surface area contributed by atoms with Crippen molar-refractivity contribution in [3.63, 3.8) is 0 Å². The molecule has 0 radical (unpaired) electrons. The van der Waals surface area contributed by atoms with Crippen LogP contribution in [0.1, 0.15) is 19.5 Å². The van der Waals surface area contributed by atoms with Crippen LogP contribution in [0.5, 0.6) is 0 Å². The first-order chi connectivity index (χ1) is 9.38. The Balaban J connectivity index is 2.54. The monoisotopic (exact) mass is 510 g/mol. The molecule has 0 fully saturated rings. The molecule has 0 aliphatic rings. The van der Waals surface area contributed by atoms with E-state index in [1.165, 1.54) is 0 Å². The summed E-state index contributed by atoms with van der Waals surface area (Å²) < 4.78 is 2.58. The summed E-state index contributed by atoms with van der Waals surface area (Å²) in [6, 6.07) is 5.80. The quantitative estimate of drug-likeness (QED) is 0.604. The number of halogens is 3. The Labute approximate surface area is 148 Å². The summed E-state index contributed by atoms with van der Waals surface area (Å²) in [5.41, 5.74) is 1.67. The van der Waals surface area contributed by atoms with Gasteiger partial charge in [-0.1, -0.05) is 19.9 Å². The van der Waals surface area contributed by atoms with E-state index >= 15 is 0 Å². The standard InChI is InChI=1S/C14H13Br2IN2O/c1-7(2)5-11-12(17)14(20)19-13(18-11)8-3-4-9(15)10(16)6-8/h3-4,6-7H,5H2,1-2H3,(H,18,19,20). The third-order valence-corrected chi connectivity index (χ3v) is 5.72. The number of benzene rings is 1. The van der Waals surface area contributed by atoms with Gasteiger partial charge in [0.15, 0.2) is 0 Å². The number of rotatable bonds is 3. The average molecular weight is 512 g/mol. The second kappa shape index (κ2) is 6.70. The van der Waals surface area contributed by atoms with Crippen LogP contribution in [0.3, 0.4) is 0 Å². The van der Waals surface area contributed by atoms with Crippen molar-refractivity contribution >= 4 is 54.5 Å². The summed E-state index contributed by atoms with van der Waals surface area (Å²) in [6.45, 7) is 4.24. The summed E-state index contributed by atoms with van der Waals surface area (Å²) in [4.78, 5) is 19.5. The van der Waals surface area contributed by atoms with Crippen molar-refractivity contribution in [1.82, 2.24) is 9.97 Å². The summed E-state index contributed by atoms with van der Waals surface area (Å²) in [6.07, 6.45) is 0.799. The normalized spacial score (nSPS) is 11.1. The molecule has 0 aliphatic carbocycles. The third-order valence-electron chi connectivity index (χ3n) is 2.73. The SMILES string of the molecule is CC(C)Cc1nc(-c2ccc(Br)c(Br)c2)[nH]c(=O)c1I. The Kier molecular flexibility index (Phi) is 5.42. The van der Waals surface area contributed by atoms with Gasteiger partial charge < -0.3 is 4.98 Å². The van der Waals surface area contributed by atoms with E-state index in [0.717, 1.165) is 26.6 Å². The maximum Gasteiger partial charge on any atom is 0.264 e. The Bertz CT molecular complexity index is 698. The Morgan fingerprint density at radius 3 is 2.60 bits per heavy atom. The zero-order chi connectivity index (χ0) is 14.9. The predicted octanol–water partition coefficient (Wildman–Crippen LogP) is 4.77. The Morgan fingerprint density at radius 2 is 2.00 bits per heavy atom. The summed E-state index contributed by atoms with van der Waals surface area (Å²) >= 11 is 8.97. The fraction of sp³-hybridized carbons (Fsp3) is 0.286. The van der Waals surface area contributed by atoms with Crippen LogP contribution in [-0.2, 0) is 6.42 Å². The first-order valence-corrected chi connectivity index (χ1v) is 8.79. The number of hydrogen-bond acceptors (Lipinski definition) is 2. The van der Waals surface area contributed by atoms with Gasteiger partial charge in [0.25, 0.3) is 5.56 Å². The van der Waals surface area contributed by atoms with E-state index in [-0.39, 0.29) is 5.56 Å². The van der Waals surface area contributed by atoms with Crippen molar-refractivity contribution in [2.45, 2.75) is 20.3 Å². The topological polar surface area (TPSA) is 45.8 Å². The van der Waals surface area contributed by atoms with Gasteiger partial charge in [0.05, 0.1) is 9.26 Å². The molecule has 2 aromatic rings. The molecule has 3 nitrogen and oxygen atoms in total. The lowest BCUT2D eigenvalue weighted by Crippen LogP contribution is -2.17. The van der Waals surface area contributed by atoms with Gasteiger partial charge >= 0.3 is 0 Å². The van der Waals surface area contributed by atoms with Crippen molar-refractivity contribution in [3.05, 3.63) is 46.8 Å². The molecular weight excluding hydrogens is 499 g/mol. The average Bonchev–Trinajstić information content (AvgIpc) is 2.37. The van der Waals surface area contributed by atoms with E-state index in [1.807, 2.05) is 18.2 Å². The second-order valence-electron chi connectivity index (χ2n) is 4.90. The largest absolute Gasteiger partial charge is 0.306 e. The van der Waals surface area contributed by atoms with Crippen molar-refractivity contribution in [1.29, 1.82) is 0 Å². The highest BCUT2D eigenvalue weighted by molar-refractivity contribution is 14.1. The predicted molar refractivity (Wildman–Crippen MR) is 97.0 cm³/mol. The highest BCUT2D eigenvalue weighted by Crippen LogP contribution is 2.27. The second-order valence-corrected chi connectivity index (χ2v) is 7.69. The minimum absolute atomic E-state index is 0.0784. The van der Waals surface area contributed by atoms with Gasteiger partial charge in [-0.05, 0) is 78.9 Å². The first kappa shape index (κ1) is 16.2. The van der Waals surface area contributed by atoms with E-state index in [9.17, 15) is 4.79 Å². The molecule has 0 bridgehead atoms. The van der Waals surface area contributed by atoms with Crippen molar-refractivity contribution in [3.8, 4) is 11.4 Å². The minimum atomic E-state index is -0.0784. The van der Waals surface area contributed by atoms with Crippen LogP contribution in [0.25, 0.3) is 11.4 Å². The number of aromatic amines is 1. The molecule has 0 amide bonds. The molecule has 1 aromatic heterocycles. The van der Waals surface area contributed by atoms with E-state index in [4.69, 9.17) is 0 Å². The zero-order valence-corrected chi connectivity index (χ0v) is 16.3. The van der Waals surface area contributed by atoms with Gasteiger partial charge in [0.1, 0.15) is 5.82 Å². The number of nitrogens with one attached hydrogen (secondary N) is 1. The molecule has 0 aliphatic heterocycles. The molecule has 1 aromatic carbocycles. The zero-order valence-electron chi connectivity index (χ0n) is 11.0. The third kappa shape index (κ3) is 3.71. The van der Waals surface area contributed by atoms with Crippen LogP contribution < -0.4 is 5.56 Å². The highest BCUT2D eigenvalue weighted by atomic mass is 127. The minimum Gasteiger partial charge on any atom is -0.306 e. The number of hydrogen-bond donors (Lipinski definition) is 1. The van der Waals surface area contributed by atoms with Crippen molar-refractivity contribution < 1.29 is 0 Å². The van der Waals surface area contributed by atoms with E-state index in [2.05, 4.69) is 78.3 Å². The van der Waals surface area contributed by atoms with Gasteiger partial charge in [0, 0.05) is 14.5 Å². The fourth-order valence-corrected chi connectivity index (χ4v) is 2.91. The number of H-pyrrole nitrogens is 1. The molecule has 6 heteroatoms. The molecule has 2 rings (SSSR count). The van der Waals surface area contributed by atoms with Crippen LogP contribution in [0.15, 0.2) is 31.9 Å². The van der Waals surface area contributed by atoms with Crippen LogP contribution in [0.4, 0.5) is 0 Å².